The van der Waals surface area contributed by atoms with Gasteiger partial charge in [-0.3, -0.25) is 19.1 Å². The molecular formula is C21H22F3N5O3. The van der Waals surface area contributed by atoms with Crippen molar-refractivity contribution in [2.75, 3.05) is 27.2 Å². The zero-order chi connectivity index (χ0) is 23.5. The highest BCUT2D eigenvalue weighted by Crippen LogP contribution is 2.29. The second kappa shape index (κ2) is 9.25. The second-order valence-electron chi connectivity index (χ2n) is 7.41. The summed E-state index contributed by atoms with van der Waals surface area (Å²) in [7, 11) is 3.26. The fourth-order valence-corrected chi connectivity index (χ4v) is 3.17. The number of rotatable bonds is 5. The lowest BCUT2D eigenvalue weighted by Crippen LogP contribution is -2.44. The molecule has 0 saturated heterocycles. The number of amides is 3. The minimum Gasteiger partial charge on any atom is -0.345 e. The third-order valence-corrected chi connectivity index (χ3v) is 4.94. The average Bonchev–Trinajstić information content (AvgIpc) is 3.18. The Balaban J connectivity index is 1.54. The van der Waals surface area contributed by atoms with E-state index in [0.29, 0.717) is 29.9 Å². The van der Waals surface area contributed by atoms with Gasteiger partial charge in [0, 0.05) is 26.7 Å². The summed E-state index contributed by atoms with van der Waals surface area (Å²) < 4.78 is 39.4. The molecule has 0 saturated carbocycles. The average molecular weight is 449 g/mol. The number of hydrogen-bond donors (Lipinski definition) is 1. The smallest absolute Gasteiger partial charge is 0.345 e. The van der Waals surface area contributed by atoms with E-state index in [9.17, 15) is 27.6 Å². The molecule has 1 aliphatic heterocycles. The Morgan fingerprint density at radius 1 is 1.16 bits per heavy atom. The van der Waals surface area contributed by atoms with E-state index in [0.717, 1.165) is 18.2 Å². The molecule has 0 aliphatic carbocycles. The highest BCUT2D eigenvalue weighted by Gasteiger charge is 2.30. The first-order valence-electron chi connectivity index (χ1n) is 9.73. The molecule has 3 amide bonds. The standard InChI is InChI=1S/C21H22F3N5O3/c1-27(2)20(32)16-11-26-29-10-9-28(13-17(16)29)19(31)12-25-18(30)8-5-14-3-6-15(7-4-14)21(22,23)24/h3-8,11H,9-10,12-13H2,1-2H3,(H,25,30)/b8-5+. The minimum absolute atomic E-state index is 0.199. The number of carbonyl (C=O) groups excluding carboxylic acids is 3. The summed E-state index contributed by atoms with van der Waals surface area (Å²) in [4.78, 5) is 39.7. The number of halogens is 3. The van der Waals surface area contributed by atoms with Crippen LogP contribution in [0.15, 0.2) is 36.5 Å². The number of alkyl halides is 3. The topological polar surface area (TPSA) is 87.5 Å². The highest BCUT2D eigenvalue weighted by atomic mass is 19.4. The van der Waals surface area contributed by atoms with Gasteiger partial charge in [-0.05, 0) is 23.8 Å². The number of nitrogens with zero attached hydrogens (tertiary/aromatic N) is 4. The third kappa shape index (κ3) is 5.34. The van der Waals surface area contributed by atoms with Gasteiger partial charge in [-0.15, -0.1) is 0 Å². The number of carbonyl (C=O) groups is 3. The Morgan fingerprint density at radius 2 is 1.84 bits per heavy atom. The summed E-state index contributed by atoms with van der Waals surface area (Å²) in [6, 6.07) is 4.36. The number of nitrogens with one attached hydrogen (secondary N) is 1. The molecule has 2 heterocycles. The largest absolute Gasteiger partial charge is 0.416 e. The van der Waals surface area contributed by atoms with Crippen molar-refractivity contribution in [3.63, 3.8) is 0 Å². The van der Waals surface area contributed by atoms with Gasteiger partial charge in [0.15, 0.2) is 0 Å². The van der Waals surface area contributed by atoms with Crippen molar-refractivity contribution in [3.8, 4) is 0 Å². The van der Waals surface area contributed by atoms with Gasteiger partial charge in [-0.25, -0.2) is 0 Å². The van der Waals surface area contributed by atoms with Crippen LogP contribution in [0.3, 0.4) is 0 Å². The molecule has 0 unspecified atom stereocenters. The molecule has 1 N–H and O–H groups in total. The quantitative estimate of drug-likeness (QED) is 0.705. The van der Waals surface area contributed by atoms with Gasteiger partial charge in [0.1, 0.15) is 0 Å². The van der Waals surface area contributed by atoms with Crippen molar-refractivity contribution in [1.82, 2.24) is 24.9 Å². The van der Waals surface area contributed by atoms with Crippen molar-refractivity contribution in [2.24, 2.45) is 0 Å². The van der Waals surface area contributed by atoms with E-state index < -0.39 is 17.6 Å². The van der Waals surface area contributed by atoms with E-state index in [1.807, 2.05) is 0 Å². The first kappa shape index (κ1) is 23.0. The lowest BCUT2D eigenvalue weighted by Gasteiger charge is -2.28. The minimum atomic E-state index is -4.42. The summed E-state index contributed by atoms with van der Waals surface area (Å²) in [5.74, 6) is -1.08. The van der Waals surface area contributed by atoms with Gasteiger partial charge >= 0.3 is 6.18 Å². The van der Waals surface area contributed by atoms with Gasteiger partial charge < -0.3 is 15.1 Å². The Kier molecular flexibility index (Phi) is 6.66. The summed E-state index contributed by atoms with van der Waals surface area (Å²) in [5.41, 5.74) is 0.706. The summed E-state index contributed by atoms with van der Waals surface area (Å²) in [5, 5.41) is 6.65. The molecule has 0 atom stereocenters. The zero-order valence-electron chi connectivity index (χ0n) is 17.5. The predicted molar refractivity (Wildman–Crippen MR) is 109 cm³/mol. The lowest BCUT2D eigenvalue weighted by molar-refractivity contribution is -0.137. The lowest BCUT2D eigenvalue weighted by atomic mass is 10.1. The number of benzene rings is 1. The first-order valence-corrected chi connectivity index (χ1v) is 9.73. The summed E-state index contributed by atoms with van der Waals surface area (Å²) in [6.45, 7) is 0.774. The summed E-state index contributed by atoms with van der Waals surface area (Å²) >= 11 is 0. The van der Waals surface area contributed by atoms with Crippen LogP contribution in [0.25, 0.3) is 6.08 Å². The fourth-order valence-electron chi connectivity index (χ4n) is 3.17. The van der Waals surface area contributed by atoms with Crippen LogP contribution in [-0.2, 0) is 28.9 Å². The molecule has 1 aromatic carbocycles. The normalized spacial score (nSPS) is 13.7. The van der Waals surface area contributed by atoms with Gasteiger partial charge in [-0.1, -0.05) is 12.1 Å². The summed E-state index contributed by atoms with van der Waals surface area (Å²) in [6.07, 6.45) is -0.431. The van der Waals surface area contributed by atoms with E-state index >= 15 is 0 Å². The maximum atomic E-state index is 12.6. The van der Waals surface area contributed by atoms with E-state index in [1.165, 1.54) is 34.2 Å². The van der Waals surface area contributed by atoms with E-state index in [-0.39, 0.29) is 24.9 Å². The molecule has 0 fully saturated rings. The monoisotopic (exact) mass is 449 g/mol. The number of fused-ring (bicyclic) bond motifs is 1. The Labute approximate surface area is 182 Å². The molecule has 2 aromatic rings. The van der Waals surface area contributed by atoms with Crippen LogP contribution >= 0.6 is 0 Å². The van der Waals surface area contributed by atoms with Crippen LogP contribution < -0.4 is 5.32 Å². The molecule has 3 rings (SSSR count). The van der Waals surface area contributed by atoms with Crippen molar-refractivity contribution in [2.45, 2.75) is 19.3 Å². The highest BCUT2D eigenvalue weighted by molar-refractivity contribution is 5.95. The molecule has 1 aromatic heterocycles. The van der Waals surface area contributed by atoms with Crippen molar-refractivity contribution < 1.29 is 27.6 Å². The third-order valence-electron chi connectivity index (χ3n) is 4.94. The molecule has 0 radical (unpaired) electrons. The van der Waals surface area contributed by atoms with Gasteiger partial charge in [0.25, 0.3) is 5.91 Å². The van der Waals surface area contributed by atoms with E-state index in [4.69, 9.17) is 0 Å². The molecule has 1 aliphatic rings. The fraction of sp³-hybridized carbons (Fsp3) is 0.333. The van der Waals surface area contributed by atoms with Crippen LogP contribution in [0, 0.1) is 0 Å². The molecule has 170 valence electrons. The van der Waals surface area contributed by atoms with Crippen molar-refractivity contribution >= 4 is 23.8 Å². The van der Waals surface area contributed by atoms with Gasteiger partial charge in [0.2, 0.25) is 11.8 Å². The molecule has 0 bridgehead atoms. The molecule has 8 nitrogen and oxygen atoms in total. The number of hydrogen-bond acceptors (Lipinski definition) is 4. The van der Waals surface area contributed by atoms with Crippen LogP contribution in [0.2, 0.25) is 0 Å². The maximum Gasteiger partial charge on any atom is 0.416 e. The molecule has 11 heteroatoms. The Morgan fingerprint density at radius 3 is 2.47 bits per heavy atom. The maximum absolute atomic E-state index is 12.6. The predicted octanol–water partition coefficient (Wildman–Crippen LogP) is 1.78. The first-order chi connectivity index (χ1) is 15.1. The van der Waals surface area contributed by atoms with E-state index in [2.05, 4.69) is 10.4 Å². The van der Waals surface area contributed by atoms with Crippen LogP contribution in [0.5, 0.6) is 0 Å². The SMILES string of the molecule is CN(C)C(=O)c1cnn2c1CN(C(=O)CNC(=O)/C=C/c1ccc(C(F)(F)F)cc1)CC2. The van der Waals surface area contributed by atoms with Gasteiger partial charge in [-0.2, -0.15) is 18.3 Å². The Hall–Kier alpha value is -3.63. The Bertz CT molecular complexity index is 1040. The molecule has 0 spiro atoms. The van der Waals surface area contributed by atoms with Crippen LogP contribution in [0.1, 0.15) is 27.2 Å². The van der Waals surface area contributed by atoms with Crippen LogP contribution in [-0.4, -0.2) is 64.5 Å². The van der Waals surface area contributed by atoms with Crippen LogP contribution in [0.4, 0.5) is 13.2 Å². The number of aromatic nitrogens is 2. The van der Waals surface area contributed by atoms with Crippen molar-refractivity contribution in [1.29, 1.82) is 0 Å². The zero-order valence-corrected chi connectivity index (χ0v) is 17.5. The van der Waals surface area contributed by atoms with Crippen molar-refractivity contribution in [3.05, 3.63) is 58.9 Å². The molecular weight excluding hydrogens is 427 g/mol. The molecule has 32 heavy (non-hydrogen) atoms. The van der Waals surface area contributed by atoms with E-state index in [1.54, 1.807) is 18.8 Å². The second-order valence-corrected chi connectivity index (χ2v) is 7.41. The van der Waals surface area contributed by atoms with Gasteiger partial charge in [0.05, 0.1) is 42.7 Å².